The van der Waals surface area contributed by atoms with Crippen LogP contribution in [0, 0.1) is 0 Å². The summed E-state index contributed by atoms with van der Waals surface area (Å²) in [6.45, 7) is 11.6. The highest BCUT2D eigenvalue weighted by atomic mass is 32.2. The molecule has 34 heavy (non-hydrogen) atoms. The fourth-order valence-corrected chi connectivity index (χ4v) is 4.79. The third kappa shape index (κ3) is 4.81. The van der Waals surface area contributed by atoms with Crippen LogP contribution < -0.4 is 4.90 Å². The summed E-state index contributed by atoms with van der Waals surface area (Å²) in [5, 5.41) is 0.824. The van der Waals surface area contributed by atoms with Gasteiger partial charge < -0.3 is 9.88 Å². The van der Waals surface area contributed by atoms with E-state index in [-0.39, 0.29) is 5.41 Å². The predicted molar refractivity (Wildman–Crippen MR) is 142 cm³/mol. The number of thioether (sulfide) groups is 1. The molecule has 1 aliphatic rings. The zero-order chi connectivity index (χ0) is 23.7. The van der Waals surface area contributed by atoms with Crippen molar-refractivity contribution >= 4 is 28.5 Å². The highest BCUT2D eigenvalue weighted by Gasteiger charge is 2.21. The molecule has 4 aromatic rings. The number of para-hydroxylation sites is 1. The first-order valence-corrected chi connectivity index (χ1v) is 13.0. The standard InChI is InChI=1S/C27H32N6S/c1-27(2,3)21-10-8-20(9-11-21)25-30-22-6-5-7-23(24(22)31-25)33-14-12-32(13-15-33)18-19-16-28-26(34-4)29-17-19/h5-11,16-17H,12-15,18H2,1-4H3,(H,30,31). The number of H-pyrrole nitrogens is 1. The van der Waals surface area contributed by atoms with Gasteiger partial charge in [-0.1, -0.05) is 62.9 Å². The van der Waals surface area contributed by atoms with Gasteiger partial charge in [-0.3, -0.25) is 4.90 Å². The zero-order valence-electron chi connectivity index (χ0n) is 20.4. The molecule has 0 radical (unpaired) electrons. The maximum Gasteiger partial charge on any atom is 0.187 e. The summed E-state index contributed by atoms with van der Waals surface area (Å²) in [5.41, 5.74) is 7.11. The number of benzene rings is 2. The van der Waals surface area contributed by atoms with Crippen molar-refractivity contribution in [3.05, 3.63) is 66.0 Å². The van der Waals surface area contributed by atoms with E-state index in [0.29, 0.717) is 0 Å². The van der Waals surface area contributed by atoms with E-state index in [1.807, 2.05) is 18.6 Å². The van der Waals surface area contributed by atoms with E-state index in [1.165, 1.54) is 16.8 Å². The molecule has 1 fully saturated rings. The first-order chi connectivity index (χ1) is 16.4. The molecule has 0 aliphatic carbocycles. The van der Waals surface area contributed by atoms with Gasteiger partial charge in [0.1, 0.15) is 11.3 Å². The van der Waals surface area contributed by atoms with Crippen molar-refractivity contribution in [1.29, 1.82) is 0 Å². The van der Waals surface area contributed by atoms with E-state index in [0.717, 1.165) is 60.3 Å². The number of fused-ring (bicyclic) bond motifs is 1. The van der Waals surface area contributed by atoms with Crippen molar-refractivity contribution in [2.75, 3.05) is 37.3 Å². The lowest BCUT2D eigenvalue weighted by molar-refractivity contribution is 0.249. The van der Waals surface area contributed by atoms with Gasteiger partial charge in [0.25, 0.3) is 0 Å². The van der Waals surface area contributed by atoms with Crippen LogP contribution in [0.15, 0.2) is 60.0 Å². The minimum absolute atomic E-state index is 0.146. The highest BCUT2D eigenvalue weighted by molar-refractivity contribution is 7.98. The number of piperazine rings is 1. The molecule has 5 rings (SSSR count). The van der Waals surface area contributed by atoms with Crippen LogP contribution in [0.2, 0.25) is 0 Å². The number of nitrogens with one attached hydrogen (secondary N) is 1. The summed E-state index contributed by atoms with van der Waals surface area (Å²) < 4.78 is 0. The summed E-state index contributed by atoms with van der Waals surface area (Å²) in [6.07, 6.45) is 5.90. The molecule has 0 unspecified atom stereocenters. The highest BCUT2D eigenvalue weighted by Crippen LogP contribution is 2.30. The van der Waals surface area contributed by atoms with E-state index >= 15 is 0 Å². The van der Waals surface area contributed by atoms with E-state index < -0.39 is 0 Å². The first-order valence-electron chi connectivity index (χ1n) is 11.8. The lowest BCUT2D eigenvalue weighted by Gasteiger charge is -2.36. The van der Waals surface area contributed by atoms with Gasteiger partial charge in [-0.05, 0) is 29.4 Å². The Morgan fingerprint density at radius 2 is 1.65 bits per heavy atom. The molecule has 0 spiro atoms. The van der Waals surface area contributed by atoms with Crippen LogP contribution in [0.3, 0.4) is 0 Å². The monoisotopic (exact) mass is 472 g/mol. The molecule has 1 saturated heterocycles. The van der Waals surface area contributed by atoms with Crippen LogP contribution in [0.1, 0.15) is 31.9 Å². The smallest absolute Gasteiger partial charge is 0.187 e. The maximum absolute atomic E-state index is 5.02. The van der Waals surface area contributed by atoms with E-state index in [9.17, 15) is 0 Å². The fourth-order valence-electron chi connectivity index (χ4n) is 4.47. The SMILES string of the molecule is CSc1ncc(CN2CCN(c3cccc4[nH]c(-c5ccc(C(C)(C)C)cc5)nc34)CC2)cn1. The van der Waals surface area contributed by atoms with Crippen molar-refractivity contribution in [2.45, 2.75) is 37.9 Å². The minimum Gasteiger partial charge on any atom is -0.367 e. The number of hydrogen-bond acceptors (Lipinski definition) is 6. The summed E-state index contributed by atoms with van der Waals surface area (Å²) in [7, 11) is 0. The average molecular weight is 473 g/mol. The molecular formula is C27H32N6S. The molecule has 1 N–H and O–H groups in total. The third-order valence-corrected chi connectivity index (χ3v) is 7.08. The molecule has 1 aliphatic heterocycles. The van der Waals surface area contributed by atoms with Crippen LogP contribution in [0.4, 0.5) is 5.69 Å². The molecule has 3 heterocycles. The molecule has 0 bridgehead atoms. The molecule has 0 atom stereocenters. The topological polar surface area (TPSA) is 60.9 Å². The largest absolute Gasteiger partial charge is 0.367 e. The average Bonchev–Trinajstić information content (AvgIpc) is 3.29. The van der Waals surface area contributed by atoms with Gasteiger partial charge in [0, 0.05) is 56.2 Å². The maximum atomic E-state index is 5.02. The van der Waals surface area contributed by atoms with Crippen LogP contribution >= 0.6 is 11.8 Å². The third-order valence-electron chi connectivity index (χ3n) is 6.50. The minimum atomic E-state index is 0.146. The number of nitrogens with zero attached hydrogens (tertiary/aromatic N) is 5. The summed E-state index contributed by atoms with van der Waals surface area (Å²) >= 11 is 1.57. The molecule has 7 heteroatoms. The summed E-state index contributed by atoms with van der Waals surface area (Å²) in [5.74, 6) is 0.926. The predicted octanol–water partition coefficient (Wildman–Crippen LogP) is 5.36. The number of anilines is 1. The molecule has 2 aromatic heterocycles. The lowest BCUT2D eigenvalue weighted by Crippen LogP contribution is -2.46. The van der Waals surface area contributed by atoms with Gasteiger partial charge in [-0.2, -0.15) is 0 Å². The number of hydrogen-bond donors (Lipinski definition) is 1. The number of rotatable bonds is 5. The van der Waals surface area contributed by atoms with Crippen molar-refractivity contribution in [1.82, 2.24) is 24.8 Å². The number of aromatic amines is 1. The molecule has 0 saturated carbocycles. The van der Waals surface area contributed by atoms with Crippen LogP contribution in [0.25, 0.3) is 22.4 Å². The molecule has 0 amide bonds. The molecule has 2 aromatic carbocycles. The number of imidazole rings is 1. The van der Waals surface area contributed by atoms with Crippen molar-refractivity contribution in [3.8, 4) is 11.4 Å². The summed E-state index contributed by atoms with van der Waals surface area (Å²) in [4.78, 5) is 22.3. The van der Waals surface area contributed by atoms with Crippen molar-refractivity contribution in [3.63, 3.8) is 0 Å². The van der Waals surface area contributed by atoms with Crippen LogP contribution in [-0.2, 0) is 12.0 Å². The second kappa shape index (κ2) is 9.39. The molecule has 6 nitrogen and oxygen atoms in total. The fraction of sp³-hybridized carbons (Fsp3) is 0.370. The molecule has 176 valence electrons. The lowest BCUT2D eigenvalue weighted by atomic mass is 9.87. The first kappa shape index (κ1) is 22.9. The zero-order valence-corrected chi connectivity index (χ0v) is 21.2. The van der Waals surface area contributed by atoms with E-state index in [2.05, 4.69) is 88.0 Å². The Morgan fingerprint density at radius 3 is 2.29 bits per heavy atom. The Bertz CT molecular complexity index is 1250. The Hall–Kier alpha value is -2.90. The second-order valence-electron chi connectivity index (χ2n) is 9.93. The quantitative estimate of drug-likeness (QED) is 0.312. The Morgan fingerprint density at radius 1 is 0.941 bits per heavy atom. The van der Waals surface area contributed by atoms with Gasteiger partial charge in [0.15, 0.2) is 5.16 Å². The van der Waals surface area contributed by atoms with Crippen LogP contribution in [-0.4, -0.2) is 57.3 Å². The normalized spacial score (nSPS) is 15.2. The summed E-state index contributed by atoms with van der Waals surface area (Å²) in [6, 6.07) is 15.2. The second-order valence-corrected chi connectivity index (χ2v) is 10.7. The Labute approximate surface area is 205 Å². The van der Waals surface area contributed by atoms with Gasteiger partial charge in [0.05, 0.1) is 11.2 Å². The van der Waals surface area contributed by atoms with Gasteiger partial charge >= 0.3 is 0 Å². The molecular weight excluding hydrogens is 440 g/mol. The van der Waals surface area contributed by atoms with Gasteiger partial charge in [-0.15, -0.1) is 0 Å². The van der Waals surface area contributed by atoms with Crippen molar-refractivity contribution in [2.24, 2.45) is 0 Å². The van der Waals surface area contributed by atoms with Crippen molar-refractivity contribution < 1.29 is 0 Å². The Kier molecular flexibility index (Phi) is 6.32. The van der Waals surface area contributed by atoms with Crippen LogP contribution in [0.5, 0.6) is 0 Å². The van der Waals surface area contributed by atoms with Gasteiger partial charge in [0.2, 0.25) is 0 Å². The number of aromatic nitrogens is 4. The van der Waals surface area contributed by atoms with Gasteiger partial charge in [-0.25, -0.2) is 15.0 Å². The van der Waals surface area contributed by atoms with E-state index in [4.69, 9.17) is 4.98 Å². The Balaban J connectivity index is 1.30. The van der Waals surface area contributed by atoms with E-state index in [1.54, 1.807) is 11.8 Å².